The van der Waals surface area contributed by atoms with Crippen molar-refractivity contribution in [2.75, 3.05) is 30.3 Å². The van der Waals surface area contributed by atoms with Crippen LogP contribution < -0.4 is 10.2 Å². The van der Waals surface area contributed by atoms with Gasteiger partial charge in [-0.3, -0.25) is 4.79 Å². The van der Waals surface area contributed by atoms with Gasteiger partial charge in [-0.2, -0.15) is 5.10 Å². The van der Waals surface area contributed by atoms with Crippen molar-refractivity contribution in [3.8, 4) is 0 Å². The van der Waals surface area contributed by atoms with E-state index in [-0.39, 0.29) is 11.3 Å². The molecule has 5 rings (SSSR count). The fraction of sp³-hybridized carbons (Fsp3) is 0.583. The highest BCUT2D eigenvalue weighted by Crippen LogP contribution is 2.43. The monoisotopic (exact) mass is 484 g/mol. The Labute approximate surface area is 203 Å². The Kier molecular flexibility index (Phi) is 6.87. The lowest BCUT2D eigenvalue weighted by Crippen LogP contribution is -2.43. The maximum absolute atomic E-state index is 13.3. The quantitative estimate of drug-likeness (QED) is 0.371. The van der Waals surface area contributed by atoms with E-state index in [1.165, 1.54) is 24.1 Å². The second-order valence-corrected chi connectivity index (χ2v) is 11.1. The molecule has 2 fully saturated rings. The van der Waals surface area contributed by atoms with E-state index in [4.69, 9.17) is 9.97 Å². The fourth-order valence-electron chi connectivity index (χ4n) is 5.18. The zero-order chi connectivity index (χ0) is 22.7. The summed E-state index contributed by atoms with van der Waals surface area (Å²) in [5.74, 6) is 2.10. The molecule has 0 aromatic carbocycles. The molecule has 1 saturated carbocycles. The summed E-state index contributed by atoms with van der Waals surface area (Å²) in [6, 6.07) is 4.16. The van der Waals surface area contributed by atoms with Crippen molar-refractivity contribution in [1.29, 1.82) is 0 Å². The minimum atomic E-state index is -0.352. The maximum atomic E-state index is 13.3. The molecule has 3 aromatic rings. The van der Waals surface area contributed by atoms with Gasteiger partial charge in [0.2, 0.25) is 5.91 Å². The van der Waals surface area contributed by atoms with E-state index in [0.717, 1.165) is 66.5 Å². The number of thioether (sulfide) groups is 1. The highest BCUT2D eigenvalue weighted by atomic mass is 32.2. The van der Waals surface area contributed by atoms with Crippen LogP contribution in [0.2, 0.25) is 0 Å². The molecule has 0 radical (unpaired) electrons. The molecule has 9 heteroatoms. The number of amides is 1. The predicted octanol–water partition coefficient (Wildman–Crippen LogP) is 4.62. The SMILES string of the molecule is CCSc1nc(N2CCCCC2)c2cnn(CCNC(=O)C3(c4cccs4)CCCC3)c2n1. The first kappa shape index (κ1) is 22.7. The number of carbonyl (C=O) groups excluding carboxylic acids is 1. The topological polar surface area (TPSA) is 75.9 Å². The molecule has 0 atom stereocenters. The van der Waals surface area contributed by atoms with Crippen molar-refractivity contribution in [3.63, 3.8) is 0 Å². The van der Waals surface area contributed by atoms with E-state index in [1.807, 2.05) is 10.9 Å². The summed E-state index contributed by atoms with van der Waals surface area (Å²) in [6.07, 6.45) is 9.69. The third kappa shape index (κ3) is 4.49. The third-order valence-corrected chi connectivity index (χ3v) is 8.68. The molecule has 0 spiro atoms. The summed E-state index contributed by atoms with van der Waals surface area (Å²) in [7, 11) is 0. The van der Waals surface area contributed by atoms with Gasteiger partial charge in [-0.15, -0.1) is 11.3 Å². The van der Waals surface area contributed by atoms with Gasteiger partial charge in [-0.25, -0.2) is 14.6 Å². The Hall–Kier alpha value is -2.13. The van der Waals surface area contributed by atoms with Gasteiger partial charge in [-0.1, -0.05) is 37.6 Å². The van der Waals surface area contributed by atoms with Gasteiger partial charge in [-0.05, 0) is 49.3 Å². The average Bonchev–Trinajstić information content (AvgIpc) is 3.61. The lowest BCUT2D eigenvalue weighted by Gasteiger charge is -2.28. The molecule has 33 heavy (non-hydrogen) atoms. The predicted molar refractivity (Wildman–Crippen MR) is 135 cm³/mol. The van der Waals surface area contributed by atoms with Gasteiger partial charge in [0.15, 0.2) is 10.8 Å². The van der Waals surface area contributed by atoms with Crippen LogP contribution in [0.15, 0.2) is 28.9 Å². The molecular weight excluding hydrogens is 452 g/mol. The Morgan fingerprint density at radius 1 is 1.18 bits per heavy atom. The van der Waals surface area contributed by atoms with Crippen LogP contribution in [-0.4, -0.2) is 51.0 Å². The van der Waals surface area contributed by atoms with Crippen LogP contribution in [0.25, 0.3) is 11.0 Å². The van der Waals surface area contributed by atoms with Crippen LogP contribution in [0.3, 0.4) is 0 Å². The smallest absolute Gasteiger partial charge is 0.231 e. The zero-order valence-corrected chi connectivity index (χ0v) is 20.9. The summed E-state index contributed by atoms with van der Waals surface area (Å²) in [4.78, 5) is 26.6. The number of nitrogens with zero attached hydrogens (tertiary/aromatic N) is 5. The van der Waals surface area contributed by atoms with E-state index in [9.17, 15) is 4.79 Å². The molecule has 7 nitrogen and oxygen atoms in total. The average molecular weight is 485 g/mol. The highest BCUT2D eigenvalue weighted by molar-refractivity contribution is 7.99. The number of nitrogens with one attached hydrogen (secondary N) is 1. The minimum absolute atomic E-state index is 0.157. The van der Waals surface area contributed by atoms with Crippen molar-refractivity contribution >= 4 is 45.9 Å². The van der Waals surface area contributed by atoms with Crippen molar-refractivity contribution in [3.05, 3.63) is 28.6 Å². The lowest BCUT2D eigenvalue weighted by atomic mass is 9.83. The van der Waals surface area contributed by atoms with E-state index >= 15 is 0 Å². The lowest BCUT2D eigenvalue weighted by molar-refractivity contribution is -0.126. The first-order valence-electron chi connectivity index (χ1n) is 12.1. The molecule has 2 aliphatic rings. The Morgan fingerprint density at radius 3 is 2.73 bits per heavy atom. The Balaban J connectivity index is 1.34. The van der Waals surface area contributed by atoms with Gasteiger partial charge in [0.05, 0.1) is 23.5 Å². The molecular formula is C24H32N6OS2. The van der Waals surface area contributed by atoms with Crippen molar-refractivity contribution in [2.45, 2.75) is 69.0 Å². The number of thiophene rings is 1. The first-order valence-corrected chi connectivity index (χ1v) is 14.0. The number of anilines is 1. The van der Waals surface area contributed by atoms with E-state index < -0.39 is 0 Å². The summed E-state index contributed by atoms with van der Waals surface area (Å²) in [5.41, 5.74) is 0.513. The summed E-state index contributed by atoms with van der Waals surface area (Å²) in [6.45, 7) is 5.34. The number of aromatic nitrogens is 4. The molecule has 1 aliphatic carbocycles. The van der Waals surface area contributed by atoms with Crippen molar-refractivity contribution in [2.24, 2.45) is 0 Å². The minimum Gasteiger partial charge on any atom is -0.356 e. The second-order valence-electron chi connectivity index (χ2n) is 8.94. The normalized spacial score (nSPS) is 18.2. The molecule has 1 saturated heterocycles. The van der Waals surface area contributed by atoms with Crippen LogP contribution in [0.1, 0.15) is 56.7 Å². The van der Waals surface area contributed by atoms with E-state index in [1.54, 1.807) is 23.1 Å². The first-order chi connectivity index (χ1) is 16.2. The molecule has 1 amide bonds. The highest BCUT2D eigenvalue weighted by Gasteiger charge is 2.43. The van der Waals surface area contributed by atoms with Crippen LogP contribution in [0.4, 0.5) is 5.82 Å². The molecule has 4 heterocycles. The maximum Gasteiger partial charge on any atom is 0.231 e. The van der Waals surface area contributed by atoms with Gasteiger partial charge in [0, 0.05) is 24.5 Å². The van der Waals surface area contributed by atoms with Gasteiger partial charge >= 0.3 is 0 Å². The second kappa shape index (κ2) is 10.0. The van der Waals surface area contributed by atoms with Crippen molar-refractivity contribution in [1.82, 2.24) is 25.1 Å². The third-order valence-electron chi connectivity index (χ3n) is 6.88. The van der Waals surface area contributed by atoms with E-state index in [2.05, 4.69) is 39.8 Å². The Bertz CT molecular complexity index is 1080. The number of carbonyl (C=O) groups is 1. The molecule has 1 aliphatic heterocycles. The van der Waals surface area contributed by atoms with Crippen LogP contribution in [-0.2, 0) is 16.8 Å². The number of fused-ring (bicyclic) bond motifs is 1. The van der Waals surface area contributed by atoms with Crippen LogP contribution in [0.5, 0.6) is 0 Å². The number of hydrogen-bond donors (Lipinski definition) is 1. The standard InChI is InChI=1S/C24H32N6OS2/c1-2-32-23-27-20(29-13-6-3-7-14-29)18-17-26-30(21(18)28-23)15-12-25-22(31)24(10-4-5-11-24)19-9-8-16-33-19/h8-9,16-17H,2-7,10-15H2,1H3,(H,25,31). The van der Waals surface area contributed by atoms with Crippen molar-refractivity contribution < 1.29 is 4.79 Å². The molecule has 0 unspecified atom stereocenters. The number of hydrogen-bond acceptors (Lipinski definition) is 7. The van der Waals surface area contributed by atoms with Gasteiger partial charge in [0.1, 0.15) is 5.82 Å². The van der Waals surface area contributed by atoms with Crippen LogP contribution in [0, 0.1) is 0 Å². The number of rotatable bonds is 8. The molecule has 0 bridgehead atoms. The molecule has 1 N–H and O–H groups in total. The largest absolute Gasteiger partial charge is 0.356 e. The summed E-state index contributed by atoms with van der Waals surface area (Å²) >= 11 is 3.36. The molecule has 3 aromatic heterocycles. The Morgan fingerprint density at radius 2 is 2.00 bits per heavy atom. The number of piperidine rings is 1. The molecule has 176 valence electrons. The zero-order valence-electron chi connectivity index (χ0n) is 19.3. The van der Waals surface area contributed by atoms with Gasteiger partial charge < -0.3 is 10.2 Å². The summed E-state index contributed by atoms with van der Waals surface area (Å²) < 4.78 is 1.93. The van der Waals surface area contributed by atoms with Crippen LogP contribution >= 0.6 is 23.1 Å². The summed E-state index contributed by atoms with van der Waals surface area (Å²) in [5, 5.41) is 11.8. The van der Waals surface area contributed by atoms with Gasteiger partial charge in [0.25, 0.3) is 0 Å². The fourth-order valence-corrected chi connectivity index (χ4v) is 6.73. The van der Waals surface area contributed by atoms with E-state index in [0.29, 0.717) is 13.1 Å².